The van der Waals surface area contributed by atoms with Crippen LogP contribution in [0.15, 0.2) is 35.1 Å². The van der Waals surface area contributed by atoms with Gasteiger partial charge in [0, 0.05) is 24.7 Å². The van der Waals surface area contributed by atoms with Gasteiger partial charge >= 0.3 is 0 Å². The second-order valence-corrected chi connectivity index (χ2v) is 7.28. The first-order valence-electron chi connectivity index (χ1n) is 9.25. The van der Waals surface area contributed by atoms with Crippen molar-refractivity contribution in [1.29, 1.82) is 0 Å². The van der Waals surface area contributed by atoms with Crippen molar-refractivity contribution in [1.82, 2.24) is 5.16 Å². The average Bonchev–Trinajstić information content (AvgIpc) is 3.24. The van der Waals surface area contributed by atoms with Crippen LogP contribution < -0.4 is 9.80 Å². The molecular formula is C20H25N3O2. The standard InChI is InChI=1S/C20H25N3O2/c1-14-8-9-15(2)23(14)18-7-3-5-16-6-4-11-22(20(16)18)19(24)13-17-10-12-25-21-17/h3,5,7,10,12,14-15H,4,6,8-9,11,13H2,1-2H3. The summed E-state index contributed by atoms with van der Waals surface area (Å²) in [5.41, 5.74) is 4.30. The van der Waals surface area contributed by atoms with Gasteiger partial charge in [-0.25, -0.2) is 0 Å². The molecule has 0 spiro atoms. The normalized spacial score (nSPS) is 23.0. The van der Waals surface area contributed by atoms with E-state index >= 15 is 0 Å². The van der Waals surface area contributed by atoms with Crippen LogP contribution in [-0.2, 0) is 17.6 Å². The minimum absolute atomic E-state index is 0.0989. The van der Waals surface area contributed by atoms with E-state index in [0.29, 0.717) is 17.8 Å². The zero-order chi connectivity index (χ0) is 17.4. The van der Waals surface area contributed by atoms with Gasteiger partial charge in [0.05, 0.1) is 23.5 Å². The fraction of sp³-hybridized carbons (Fsp3) is 0.500. The number of anilines is 2. The lowest BCUT2D eigenvalue weighted by molar-refractivity contribution is -0.118. The molecule has 2 aliphatic rings. The maximum Gasteiger partial charge on any atom is 0.233 e. The van der Waals surface area contributed by atoms with Gasteiger partial charge < -0.3 is 14.3 Å². The van der Waals surface area contributed by atoms with Gasteiger partial charge in [0.25, 0.3) is 0 Å². The number of nitrogens with zero attached hydrogens (tertiary/aromatic N) is 3. The molecular weight excluding hydrogens is 314 g/mol. The Balaban J connectivity index is 1.71. The highest BCUT2D eigenvalue weighted by Crippen LogP contribution is 2.41. The lowest BCUT2D eigenvalue weighted by Gasteiger charge is -2.37. The Hall–Kier alpha value is -2.30. The molecule has 0 saturated carbocycles. The molecule has 5 nitrogen and oxygen atoms in total. The van der Waals surface area contributed by atoms with Crippen LogP contribution in [0.5, 0.6) is 0 Å². The second kappa shape index (κ2) is 6.54. The van der Waals surface area contributed by atoms with Crippen molar-refractivity contribution in [3.05, 3.63) is 41.8 Å². The first-order valence-corrected chi connectivity index (χ1v) is 9.25. The SMILES string of the molecule is CC1CCC(C)N1c1cccc2c1N(C(=O)Cc1ccon1)CCC2. The Labute approximate surface area is 148 Å². The number of para-hydroxylation sites is 1. The van der Waals surface area contributed by atoms with E-state index in [0.717, 1.165) is 25.1 Å². The van der Waals surface area contributed by atoms with E-state index in [-0.39, 0.29) is 12.3 Å². The van der Waals surface area contributed by atoms with Crippen LogP contribution in [0.1, 0.15) is 44.4 Å². The molecule has 2 aliphatic heterocycles. The Morgan fingerprint density at radius 1 is 1.24 bits per heavy atom. The van der Waals surface area contributed by atoms with Crippen molar-refractivity contribution in [3.8, 4) is 0 Å². The fourth-order valence-corrected chi connectivity index (χ4v) is 4.34. The molecule has 0 aliphatic carbocycles. The number of carbonyl (C=O) groups is 1. The number of rotatable bonds is 3. The number of benzene rings is 1. The maximum atomic E-state index is 13.0. The van der Waals surface area contributed by atoms with E-state index in [9.17, 15) is 4.79 Å². The summed E-state index contributed by atoms with van der Waals surface area (Å²) in [5, 5.41) is 3.90. The van der Waals surface area contributed by atoms with Gasteiger partial charge in [0.2, 0.25) is 5.91 Å². The fourth-order valence-electron chi connectivity index (χ4n) is 4.34. The van der Waals surface area contributed by atoms with Crippen LogP contribution in [-0.4, -0.2) is 29.7 Å². The third-order valence-electron chi connectivity index (χ3n) is 5.55. The Kier molecular flexibility index (Phi) is 4.24. The maximum absolute atomic E-state index is 13.0. The topological polar surface area (TPSA) is 49.6 Å². The van der Waals surface area contributed by atoms with Crippen LogP contribution >= 0.6 is 0 Å². The lowest BCUT2D eigenvalue weighted by Crippen LogP contribution is -2.40. The summed E-state index contributed by atoms with van der Waals surface area (Å²) in [6.07, 6.45) is 6.26. The Morgan fingerprint density at radius 2 is 2.04 bits per heavy atom. The number of hydrogen-bond donors (Lipinski definition) is 0. The number of aromatic nitrogens is 1. The summed E-state index contributed by atoms with van der Waals surface area (Å²) in [4.78, 5) is 17.5. The molecule has 1 aromatic carbocycles. The summed E-state index contributed by atoms with van der Waals surface area (Å²) >= 11 is 0. The van der Waals surface area contributed by atoms with Gasteiger partial charge in [-0.05, 0) is 51.2 Å². The molecule has 5 heteroatoms. The van der Waals surface area contributed by atoms with Crippen LogP contribution in [0.2, 0.25) is 0 Å². The van der Waals surface area contributed by atoms with Gasteiger partial charge in [0.1, 0.15) is 6.26 Å². The lowest BCUT2D eigenvalue weighted by atomic mass is 9.98. The zero-order valence-corrected chi connectivity index (χ0v) is 14.9. The van der Waals surface area contributed by atoms with Crippen LogP contribution in [0.25, 0.3) is 0 Å². The summed E-state index contributed by atoms with van der Waals surface area (Å²) in [7, 11) is 0. The quantitative estimate of drug-likeness (QED) is 0.858. The summed E-state index contributed by atoms with van der Waals surface area (Å²) in [5.74, 6) is 0.0989. The van der Waals surface area contributed by atoms with Crippen molar-refractivity contribution >= 4 is 17.3 Å². The predicted octanol–water partition coefficient (Wildman–Crippen LogP) is 3.57. The zero-order valence-electron chi connectivity index (χ0n) is 14.9. The van der Waals surface area contributed by atoms with Gasteiger partial charge in [-0.3, -0.25) is 4.79 Å². The highest BCUT2D eigenvalue weighted by Gasteiger charge is 2.33. The van der Waals surface area contributed by atoms with Crippen molar-refractivity contribution in [3.63, 3.8) is 0 Å². The highest BCUT2D eigenvalue weighted by molar-refractivity contribution is 5.99. The molecule has 0 N–H and O–H groups in total. The molecule has 1 aromatic heterocycles. The minimum Gasteiger partial charge on any atom is -0.364 e. The third kappa shape index (κ3) is 2.92. The number of aryl methyl sites for hydroxylation is 1. The van der Waals surface area contributed by atoms with Crippen molar-refractivity contribution in [2.75, 3.05) is 16.3 Å². The van der Waals surface area contributed by atoms with E-state index < -0.39 is 0 Å². The molecule has 1 saturated heterocycles. The summed E-state index contributed by atoms with van der Waals surface area (Å²) < 4.78 is 4.88. The van der Waals surface area contributed by atoms with Gasteiger partial charge in [-0.1, -0.05) is 17.3 Å². The molecule has 2 unspecified atom stereocenters. The monoisotopic (exact) mass is 339 g/mol. The van der Waals surface area contributed by atoms with Gasteiger partial charge in [0.15, 0.2) is 0 Å². The van der Waals surface area contributed by atoms with E-state index in [2.05, 4.69) is 42.1 Å². The Morgan fingerprint density at radius 3 is 2.76 bits per heavy atom. The largest absolute Gasteiger partial charge is 0.364 e. The minimum atomic E-state index is 0.0989. The number of fused-ring (bicyclic) bond motifs is 1. The van der Waals surface area contributed by atoms with Crippen LogP contribution in [0, 0.1) is 0 Å². The van der Waals surface area contributed by atoms with Gasteiger partial charge in [-0.2, -0.15) is 0 Å². The van der Waals surface area contributed by atoms with Crippen molar-refractivity contribution < 1.29 is 9.32 Å². The van der Waals surface area contributed by atoms with Crippen molar-refractivity contribution in [2.45, 2.75) is 58.0 Å². The first kappa shape index (κ1) is 16.2. The third-order valence-corrected chi connectivity index (χ3v) is 5.55. The molecule has 132 valence electrons. The predicted molar refractivity (Wildman–Crippen MR) is 98.0 cm³/mol. The van der Waals surface area contributed by atoms with Crippen LogP contribution in [0.4, 0.5) is 11.4 Å². The van der Waals surface area contributed by atoms with Crippen molar-refractivity contribution in [2.24, 2.45) is 0 Å². The smallest absolute Gasteiger partial charge is 0.233 e. The molecule has 1 fully saturated rings. The molecule has 0 bridgehead atoms. The summed E-state index contributed by atoms with van der Waals surface area (Å²) in [6.45, 7) is 5.35. The molecule has 25 heavy (non-hydrogen) atoms. The summed E-state index contributed by atoms with van der Waals surface area (Å²) in [6, 6.07) is 9.27. The molecule has 2 atom stereocenters. The van der Waals surface area contributed by atoms with E-state index in [1.165, 1.54) is 30.4 Å². The molecule has 2 aromatic rings. The van der Waals surface area contributed by atoms with E-state index in [1.807, 2.05) is 4.90 Å². The van der Waals surface area contributed by atoms with Gasteiger partial charge in [-0.15, -0.1) is 0 Å². The Bertz CT molecular complexity index is 746. The number of carbonyl (C=O) groups excluding carboxylic acids is 1. The average molecular weight is 339 g/mol. The van der Waals surface area contributed by atoms with E-state index in [4.69, 9.17) is 4.52 Å². The molecule has 0 radical (unpaired) electrons. The molecule has 3 heterocycles. The number of hydrogen-bond acceptors (Lipinski definition) is 4. The second-order valence-electron chi connectivity index (χ2n) is 7.28. The molecule has 1 amide bonds. The molecule has 4 rings (SSSR count). The van der Waals surface area contributed by atoms with Crippen LogP contribution in [0.3, 0.4) is 0 Å². The highest BCUT2D eigenvalue weighted by atomic mass is 16.5. The number of amides is 1. The van der Waals surface area contributed by atoms with E-state index in [1.54, 1.807) is 6.07 Å². The first-order chi connectivity index (χ1) is 12.1.